The molecule has 1 aliphatic carbocycles. The number of rotatable bonds is 7. The van der Waals surface area contributed by atoms with Crippen molar-refractivity contribution in [2.75, 3.05) is 6.61 Å². The third-order valence-electron chi connectivity index (χ3n) is 6.15. The fourth-order valence-corrected chi connectivity index (χ4v) is 4.10. The van der Waals surface area contributed by atoms with Gasteiger partial charge in [-0.1, -0.05) is 88.3 Å². The fourth-order valence-electron chi connectivity index (χ4n) is 3.16. The van der Waals surface area contributed by atoms with Gasteiger partial charge in [-0.3, -0.25) is 0 Å². The molecule has 0 bridgehead atoms. The average Bonchev–Trinajstić information content (AvgIpc) is 2.51. The molecule has 0 spiro atoms. The molecule has 0 heterocycles. The van der Waals surface area contributed by atoms with Gasteiger partial charge in [-0.25, -0.2) is 0 Å². The number of hydrogen-bond donors (Lipinski definition) is 0. The highest BCUT2D eigenvalue weighted by molar-refractivity contribution is 6.74. The van der Waals surface area contributed by atoms with Gasteiger partial charge in [0.15, 0.2) is 8.32 Å². The van der Waals surface area contributed by atoms with Gasteiger partial charge in [0.25, 0.3) is 0 Å². The van der Waals surface area contributed by atoms with E-state index in [2.05, 4.69) is 104 Å². The second-order valence-corrected chi connectivity index (χ2v) is 14.9. The molecule has 0 N–H and O–H groups in total. The van der Waals surface area contributed by atoms with Crippen LogP contribution in [-0.2, 0) is 4.43 Å². The Morgan fingerprint density at radius 1 is 1.11 bits per heavy atom. The zero-order chi connectivity index (χ0) is 20.7. The predicted octanol–water partition coefficient (Wildman–Crippen LogP) is 8.15. The summed E-state index contributed by atoms with van der Waals surface area (Å²) in [5, 5.41) is 0.264. The van der Waals surface area contributed by atoms with E-state index >= 15 is 0 Å². The van der Waals surface area contributed by atoms with E-state index in [0.717, 1.165) is 0 Å². The van der Waals surface area contributed by atoms with Crippen molar-refractivity contribution in [1.82, 2.24) is 0 Å². The topological polar surface area (TPSA) is 9.23 Å². The standard InChI is InChI=1S/C25H42OSi/c1-21(18-20-26-27(8,9)24(3,4)5)15-12-10-11-13-17-23-22(2)16-14-19-25(23,6)7/h10-13,15,17-18H,14,16,19-20H2,1-9H3/b11-10+,15-12+,17-13+,21-18+. The SMILES string of the molecule is CC1=C(/C=C/C=C/C=C/C(C)=C/CO[Si](C)(C)C(C)(C)C)C(C)(C)CCC1. The van der Waals surface area contributed by atoms with E-state index in [0.29, 0.717) is 12.0 Å². The van der Waals surface area contributed by atoms with Crippen molar-refractivity contribution < 1.29 is 4.43 Å². The first kappa shape index (κ1) is 23.9. The molecule has 2 heteroatoms. The summed E-state index contributed by atoms with van der Waals surface area (Å²) < 4.78 is 6.20. The van der Waals surface area contributed by atoms with Crippen LogP contribution in [-0.4, -0.2) is 14.9 Å². The molecule has 1 aliphatic rings. The smallest absolute Gasteiger partial charge is 0.192 e. The van der Waals surface area contributed by atoms with Crippen LogP contribution in [0.15, 0.2) is 59.3 Å². The zero-order valence-corrected chi connectivity index (χ0v) is 20.3. The Hall–Kier alpha value is -1.12. The van der Waals surface area contributed by atoms with Gasteiger partial charge in [0, 0.05) is 0 Å². The number of allylic oxidation sites excluding steroid dienone is 9. The van der Waals surface area contributed by atoms with Crippen LogP contribution in [0.1, 0.15) is 67.7 Å². The molecular formula is C25H42OSi. The minimum atomic E-state index is -1.65. The maximum absolute atomic E-state index is 6.20. The van der Waals surface area contributed by atoms with E-state index in [9.17, 15) is 0 Å². The molecule has 0 atom stereocenters. The van der Waals surface area contributed by atoms with Crippen LogP contribution in [0.3, 0.4) is 0 Å². The van der Waals surface area contributed by atoms with E-state index in [1.54, 1.807) is 5.57 Å². The molecule has 0 amide bonds. The third kappa shape index (κ3) is 7.79. The molecule has 0 saturated heterocycles. The van der Waals surface area contributed by atoms with Gasteiger partial charge in [0.1, 0.15) is 0 Å². The predicted molar refractivity (Wildman–Crippen MR) is 125 cm³/mol. The second-order valence-electron chi connectivity index (χ2n) is 10.1. The Balaban J connectivity index is 2.54. The Labute approximate surface area is 170 Å². The monoisotopic (exact) mass is 386 g/mol. The van der Waals surface area contributed by atoms with E-state index < -0.39 is 8.32 Å². The summed E-state index contributed by atoms with van der Waals surface area (Å²) in [6.45, 7) is 21.3. The molecule has 0 fully saturated rings. The summed E-state index contributed by atoms with van der Waals surface area (Å²) in [7, 11) is -1.65. The highest BCUT2D eigenvalue weighted by atomic mass is 28.4. The van der Waals surface area contributed by atoms with Crippen LogP contribution in [0.25, 0.3) is 0 Å². The van der Waals surface area contributed by atoms with Gasteiger partial charge in [-0.2, -0.15) is 0 Å². The van der Waals surface area contributed by atoms with Crippen LogP contribution in [0.2, 0.25) is 18.1 Å². The average molecular weight is 387 g/mol. The molecule has 0 aliphatic heterocycles. The molecule has 0 unspecified atom stereocenters. The maximum atomic E-state index is 6.20. The molecule has 0 radical (unpaired) electrons. The highest BCUT2D eigenvalue weighted by Crippen LogP contribution is 2.40. The van der Waals surface area contributed by atoms with Crippen LogP contribution in [0.5, 0.6) is 0 Å². The van der Waals surface area contributed by atoms with Crippen molar-refractivity contribution in [3.63, 3.8) is 0 Å². The second kappa shape index (κ2) is 9.89. The normalized spacial score (nSPS) is 19.8. The van der Waals surface area contributed by atoms with Crippen molar-refractivity contribution in [3.8, 4) is 0 Å². The van der Waals surface area contributed by atoms with E-state index in [4.69, 9.17) is 4.43 Å². The molecule has 0 aromatic heterocycles. The van der Waals surface area contributed by atoms with Crippen LogP contribution in [0.4, 0.5) is 0 Å². The first-order valence-corrected chi connectivity index (χ1v) is 13.3. The van der Waals surface area contributed by atoms with Gasteiger partial charge in [-0.05, 0) is 62.2 Å². The van der Waals surface area contributed by atoms with Gasteiger partial charge in [-0.15, -0.1) is 0 Å². The summed E-state index contributed by atoms with van der Waals surface area (Å²) in [6.07, 6.45) is 19.0. The summed E-state index contributed by atoms with van der Waals surface area (Å²) in [6, 6.07) is 0. The lowest BCUT2D eigenvalue weighted by Gasteiger charge is -2.35. The Morgan fingerprint density at radius 3 is 2.33 bits per heavy atom. The van der Waals surface area contributed by atoms with Crippen LogP contribution in [0, 0.1) is 5.41 Å². The Morgan fingerprint density at radius 2 is 1.74 bits per heavy atom. The number of hydrogen-bond acceptors (Lipinski definition) is 1. The molecule has 152 valence electrons. The minimum absolute atomic E-state index is 0.264. The lowest BCUT2D eigenvalue weighted by Crippen LogP contribution is -2.40. The van der Waals surface area contributed by atoms with Gasteiger partial charge in [0.2, 0.25) is 0 Å². The Kier molecular flexibility index (Phi) is 8.76. The highest BCUT2D eigenvalue weighted by Gasteiger charge is 2.36. The summed E-state index contributed by atoms with van der Waals surface area (Å²) in [5.41, 5.74) is 4.62. The molecule has 27 heavy (non-hydrogen) atoms. The molecule has 0 aromatic rings. The maximum Gasteiger partial charge on any atom is 0.192 e. The molecular weight excluding hydrogens is 344 g/mol. The molecule has 1 rings (SSSR count). The van der Waals surface area contributed by atoms with Gasteiger partial charge >= 0.3 is 0 Å². The van der Waals surface area contributed by atoms with Crippen molar-refractivity contribution in [3.05, 3.63) is 59.3 Å². The van der Waals surface area contributed by atoms with Crippen LogP contribution < -0.4 is 0 Å². The first-order valence-electron chi connectivity index (χ1n) is 10.4. The van der Waals surface area contributed by atoms with E-state index in [1.807, 2.05) is 0 Å². The van der Waals surface area contributed by atoms with Crippen molar-refractivity contribution in [2.45, 2.75) is 85.9 Å². The molecule has 1 nitrogen and oxygen atoms in total. The van der Waals surface area contributed by atoms with Gasteiger partial charge in [0.05, 0.1) is 6.61 Å². The molecule has 0 aromatic carbocycles. The summed E-state index contributed by atoms with van der Waals surface area (Å²) in [4.78, 5) is 0. The zero-order valence-electron chi connectivity index (χ0n) is 19.3. The van der Waals surface area contributed by atoms with Crippen molar-refractivity contribution in [2.24, 2.45) is 5.41 Å². The largest absolute Gasteiger partial charge is 0.413 e. The summed E-state index contributed by atoms with van der Waals surface area (Å²) >= 11 is 0. The lowest BCUT2D eigenvalue weighted by molar-refractivity contribution is 0.327. The third-order valence-corrected chi connectivity index (χ3v) is 10.7. The Bertz CT molecular complexity index is 634. The van der Waals surface area contributed by atoms with Gasteiger partial charge < -0.3 is 4.43 Å². The van der Waals surface area contributed by atoms with E-state index in [-0.39, 0.29) is 5.04 Å². The fraction of sp³-hybridized carbons (Fsp3) is 0.600. The summed E-state index contributed by atoms with van der Waals surface area (Å²) in [5.74, 6) is 0. The van der Waals surface area contributed by atoms with Crippen LogP contribution >= 0.6 is 0 Å². The van der Waals surface area contributed by atoms with Crippen molar-refractivity contribution >= 4 is 8.32 Å². The molecule has 0 saturated carbocycles. The minimum Gasteiger partial charge on any atom is -0.413 e. The first-order chi connectivity index (χ1) is 12.4. The van der Waals surface area contributed by atoms with Crippen molar-refractivity contribution in [1.29, 1.82) is 0 Å². The van der Waals surface area contributed by atoms with E-state index in [1.165, 1.54) is 30.4 Å². The quantitative estimate of drug-likeness (QED) is 0.317. The lowest BCUT2D eigenvalue weighted by atomic mass is 9.73.